The number of hydrogen-bond acceptors (Lipinski definition) is 4. The van der Waals surface area contributed by atoms with E-state index in [9.17, 15) is 9.59 Å². The zero-order valence-electron chi connectivity index (χ0n) is 9.24. The molecule has 0 aliphatic carbocycles. The topological polar surface area (TPSA) is 102 Å². The number of hydrogen-bond donors (Lipinski definition) is 3. The van der Waals surface area contributed by atoms with Crippen LogP contribution in [0.1, 0.15) is 20.3 Å². The van der Waals surface area contributed by atoms with Gasteiger partial charge in [-0.15, -0.1) is 0 Å². The smallest absolute Gasteiger partial charge is 0.305 e. The largest absolute Gasteiger partial charge is 0.481 e. The molecule has 0 aromatic carbocycles. The molecular weight excluding hydrogens is 200 g/mol. The number of rotatable bonds is 6. The molecule has 0 radical (unpaired) electrons. The van der Waals surface area contributed by atoms with Crippen LogP contribution in [0.2, 0.25) is 0 Å². The molecule has 15 heavy (non-hydrogen) atoms. The SMILES string of the molecule is COCC(N)C(=O)NC(C)(C)CC(=O)O. The monoisotopic (exact) mass is 218 g/mol. The van der Waals surface area contributed by atoms with Crippen molar-refractivity contribution in [2.45, 2.75) is 31.8 Å². The number of carbonyl (C=O) groups excluding carboxylic acids is 1. The molecule has 1 unspecified atom stereocenters. The van der Waals surface area contributed by atoms with Crippen LogP contribution in [-0.4, -0.2) is 42.3 Å². The third kappa shape index (κ3) is 6.03. The molecule has 0 rings (SSSR count). The van der Waals surface area contributed by atoms with Gasteiger partial charge in [0.05, 0.1) is 13.0 Å². The molecule has 1 amide bonds. The summed E-state index contributed by atoms with van der Waals surface area (Å²) in [7, 11) is 1.44. The lowest BCUT2D eigenvalue weighted by Gasteiger charge is -2.25. The van der Waals surface area contributed by atoms with Crippen LogP contribution in [0.4, 0.5) is 0 Å². The number of aliphatic carboxylic acids is 1. The third-order valence-corrected chi connectivity index (χ3v) is 1.74. The Bertz CT molecular complexity index is 240. The van der Waals surface area contributed by atoms with Gasteiger partial charge >= 0.3 is 5.97 Å². The highest BCUT2D eigenvalue weighted by molar-refractivity contribution is 5.83. The second-order valence-corrected chi connectivity index (χ2v) is 4.01. The van der Waals surface area contributed by atoms with Crippen LogP contribution in [0.25, 0.3) is 0 Å². The number of nitrogens with one attached hydrogen (secondary N) is 1. The van der Waals surface area contributed by atoms with Gasteiger partial charge in [0.15, 0.2) is 0 Å². The molecular formula is C9H18N2O4. The highest BCUT2D eigenvalue weighted by Crippen LogP contribution is 2.08. The third-order valence-electron chi connectivity index (χ3n) is 1.74. The molecule has 88 valence electrons. The van der Waals surface area contributed by atoms with Gasteiger partial charge in [0.1, 0.15) is 6.04 Å². The second kappa shape index (κ2) is 5.67. The van der Waals surface area contributed by atoms with E-state index in [1.54, 1.807) is 13.8 Å². The molecule has 0 aromatic rings. The number of ether oxygens (including phenoxy) is 1. The van der Waals surface area contributed by atoms with Crippen molar-refractivity contribution in [1.82, 2.24) is 5.32 Å². The molecule has 4 N–H and O–H groups in total. The van der Waals surface area contributed by atoms with E-state index in [1.807, 2.05) is 0 Å². The Hall–Kier alpha value is -1.14. The summed E-state index contributed by atoms with van der Waals surface area (Å²) in [6.45, 7) is 3.35. The second-order valence-electron chi connectivity index (χ2n) is 4.01. The predicted molar refractivity (Wildman–Crippen MR) is 54.3 cm³/mol. The van der Waals surface area contributed by atoms with Crippen LogP contribution in [-0.2, 0) is 14.3 Å². The van der Waals surface area contributed by atoms with Crippen molar-refractivity contribution in [3.8, 4) is 0 Å². The first kappa shape index (κ1) is 13.9. The van der Waals surface area contributed by atoms with E-state index in [0.29, 0.717) is 0 Å². The van der Waals surface area contributed by atoms with E-state index >= 15 is 0 Å². The number of carbonyl (C=O) groups is 2. The number of carboxylic acids is 1. The molecule has 0 spiro atoms. The number of carboxylic acid groups (broad SMARTS) is 1. The molecule has 0 saturated heterocycles. The van der Waals surface area contributed by atoms with E-state index in [0.717, 1.165) is 0 Å². The molecule has 0 saturated carbocycles. The van der Waals surface area contributed by atoms with E-state index in [1.165, 1.54) is 7.11 Å². The highest BCUT2D eigenvalue weighted by atomic mass is 16.5. The van der Waals surface area contributed by atoms with E-state index in [-0.39, 0.29) is 13.0 Å². The maximum Gasteiger partial charge on any atom is 0.305 e. The van der Waals surface area contributed by atoms with Crippen molar-refractivity contribution in [1.29, 1.82) is 0 Å². The first-order chi connectivity index (χ1) is 6.78. The molecule has 6 nitrogen and oxygen atoms in total. The Labute approximate surface area is 88.8 Å². The average molecular weight is 218 g/mol. The Morgan fingerprint density at radius 2 is 2.07 bits per heavy atom. The van der Waals surface area contributed by atoms with Crippen LogP contribution in [0.3, 0.4) is 0 Å². The van der Waals surface area contributed by atoms with Gasteiger partial charge in [0.2, 0.25) is 5.91 Å². The van der Waals surface area contributed by atoms with Gasteiger partial charge in [-0.1, -0.05) is 0 Å². The van der Waals surface area contributed by atoms with Crippen molar-refractivity contribution in [3.05, 3.63) is 0 Å². The van der Waals surface area contributed by atoms with Crippen LogP contribution in [0.15, 0.2) is 0 Å². The Kier molecular flexibility index (Phi) is 5.24. The molecule has 0 aromatic heterocycles. The summed E-state index contributed by atoms with van der Waals surface area (Å²) in [4.78, 5) is 21.9. The fourth-order valence-corrected chi connectivity index (χ4v) is 1.10. The maximum absolute atomic E-state index is 11.4. The molecule has 0 bridgehead atoms. The van der Waals surface area contributed by atoms with Gasteiger partial charge in [0.25, 0.3) is 0 Å². The van der Waals surface area contributed by atoms with Crippen molar-refractivity contribution in [3.63, 3.8) is 0 Å². The lowest BCUT2D eigenvalue weighted by Crippen LogP contribution is -2.52. The predicted octanol–water partition coefficient (Wildman–Crippen LogP) is -0.670. The van der Waals surface area contributed by atoms with Crippen LogP contribution < -0.4 is 11.1 Å². The summed E-state index contributed by atoms with van der Waals surface area (Å²) in [5.74, 6) is -1.39. The first-order valence-electron chi connectivity index (χ1n) is 4.57. The molecule has 0 heterocycles. The quantitative estimate of drug-likeness (QED) is 0.548. The van der Waals surface area contributed by atoms with E-state index in [4.69, 9.17) is 15.6 Å². The Morgan fingerprint density at radius 1 is 1.53 bits per heavy atom. The lowest BCUT2D eigenvalue weighted by molar-refractivity contribution is -0.138. The Morgan fingerprint density at radius 3 is 2.47 bits per heavy atom. The van der Waals surface area contributed by atoms with Gasteiger partial charge < -0.3 is 20.9 Å². The summed E-state index contributed by atoms with van der Waals surface area (Å²) >= 11 is 0. The first-order valence-corrected chi connectivity index (χ1v) is 4.57. The van der Waals surface area contributed by atoms with Gasteiger partial charge in [-0.25, -0.2) is 0 Å². The number of methoxy groups -OCH3 is 1. The molecule has 0 fully saturated rings. The molecule has 0 aliphatic rings. The molecule has 1 atom stereocenters. The lowest BCUT2D eigenvalue weighted by atomic mass is 10.0. The normalized spacial score (nSPS) is 13.3. The van der Waals surface area contributed by atoms with Crippen LogP contribution in [0.5, 0.6) is 0 Å². The minimum atomic E-state index is -0.972. The van der Waals surface area contributed by atoms with Crippen LogP contribution >= 0.6 is 0 Å². The van der Waals surface area contributed by atoms with Crippen molar-refractivity contribution in [2.24, 2.45) is 5.73 Å². The van der Waals surface area contributed by atoms with E-state index < -0.39 is 23.5 Å². The van der Waals surface area contributed by atoms with Crippen molar-refractivity contribution in [2.75, 3.05) is 13.7 Å². The van der Waals surface area contributed by atoms with Gasteiger partial charge in [-0.3, -0.25) is 9.59 Å². The summed E-state index contributed by atoms with van der Waals surface area (Å²) in [5, 5.41) is 11.1. The summed E-state index contributed by atoms with van der Waals surface area (Å²) in [6.07, 6.45) is -0.154. The number of amides is 1. The highest BCUT2D eigenvalue weighted by Gasteiger charge is 2.26. The van der Waals surface area contributed by atoms with Crippen molar-refractivity contribution >= 4 is 11.9 Å². The van der Waals surface area contributed by atoms with E-state index in [2.05, 4.69) is 5.32 Å². The average Bonchev–Trinajstić information content (AvgIpc) is 2.00. The van der Waals surface area contributed by atoms with Gasteiger partial charge in [-0.05, 0) is 13.8 Å². The number of nitrogens with two attached hydrogens (primary N) is 1. The van der Waals surface area contributed by atoms with Crippen molar-refractivity contribution < 1.29 is 19.4 Å². The Balaban J connectivity index is 4.20. The minimum Gasteiger partial charge on any atom is -0.481 e. The van der Waals surface area contributed by atoms with Gasteiger partial charge in [0, 0.05) is 12.6 Å². The zero-order chi connectivity index (χ0) is 12.1. The summed E-state index contributed by atoms with van der Waals surface area (Å²) < 4.78 is 4.72. The van der Waals surface area contributed by atoms with Crippen LogP contribution in [0, 0.1) is 0 Å². The summed E-state index contributed by atoms with van der Waals surface area (Å²) in [5.41, 5.74) is 4.67. The fraction of sp³-hybridized carbons (Fsp3) is 0.778. The fourth-order valence-electron chi connectivity index (χ4n) is 1.10. The summed E-state index contributed by atoms with van der Waals surface area (Å²) in [6, 6.07) is -0.775. The molecule has 0 aliphatic heterocycles. The van der Waals surface area contributed by atoms with Gasteiger partial charge in [-0.2, -0.15) is 0 Å². The maximum atomic E-state index is 11.4. The standard InChI is InChI=1S/C9H18N2O4/c1-9(2,4-7(12)13)11-8(14)6(10)5-15-3/h6H,4-5,10H2,1-3H3,(H,11,14)(H,12,13). The molecule has 6 heteroatoms. The zero-order valence-corrected chi connectivity index (χ0v) is 9.24. The minimum absolute atomic E-state index is 0.106.